The molecular formula is C63H121NO5. The molecule has 2 unspecified atom stereocenters. The number of aliphatic hydroxyl groups is 2. The summed E-state index contributed by atoms with van der Waals surface area (Å²) in [4.78, 5) is 24.6. The van der Waals surface area contributed by atoms with Gasteiger partial charge in [0, 0.05) is 12.8 Å². The predicted molar refractivity (Wildman–Crippen MR) is 301 cm³/mol. The van der Waals surface area contributed by atoms with Crippen molar-refractivity contribution < 1.29 is 24.5 Å². The van der Waals surface area contributed by atoms with Gasteiger partial charge in [-0.05, 0) is 57.8 Å². The zero-order valence-corrected chi connectivity index (χ0v) is 46.6. The molecule has 0 aromatic carbocycles. The Kier molecular flexibility index (Phi) is 57.5. The number of unbranched alkanes of at least 4 members (excludes halogenated alkanes) is 45. The predicted octanol–water partition coefficient (Wildman–Crippen LogP) is 19.4. The van der Waals surface area contributed by atoms with E-state index in [1.54, 1.807) is 6.08 Å². The molecule has 0 rings (SSSR count). The van der Waals surface area contributed by atoms with Crippen LogP contribution in [-0.2, 0) is 14.3 Å². The van der Waals surface area contributed by atoms with Crippen LogP contribution >= 0.6 is 0 Å². The molecular weight excluding hydrogens is 851 g/mol. The number of carbonyl (C=O) groups is 2. The molecule has 0 saturated carbocycles. The van der Waals surface area contributed by atoms with Crippen molar-refractivity contribution in [3.05, 3.63) is 24.3 Å². The first kappa shape index (κ1) is 67.3. The molecule has 0 bridgehead atoms. The zero-order chi connectivity index (χ0) is 50.0. The maximum absolute atomic E-state index is 12.5. The molecule has 6 nitrogen and oxygen atoms in total. The van der Waals surface area contributed by atoms with Crippen molar-refractivity contribution >= 4 is 11.9 Å². The fourth-order valence-electron chi connectivity index (χ4n) is 9.69. The number of aliphatic hydroxyl groups excluding tert-OH is 2. The van der Waals surface area contributed by atoms with Crippen molar-refractivity contribution in [3.8, 4) is 0 Å². The van der Waals surface area contributed by atoms with Gasteiger partial charge in [0.05, 0.1) is 25.4 Å². The first-order valence-electron chi connectivity index (χ1n) is 31.1. The van der Waals surface area contributed by atoms with Crippen molar-refractivity contribution in [2.75, 3.05) is 13.2 Å². The Balaban J connectivity index is 3.47. The Labute approximate surface area is 431 Å². The Bertz CT molecular complexity index is 1080. The summed E-state index contributed by atoms with van der Waals surface area (Å²) in [5.74, 6) is -0.0816. The molecule has 0 radical (unpaired) electrons. The molecule has 0 saturated heterocycles. The molecule has 408 valence electrons. The molecule has 0 aliphatic heterocycles. The summed E-state index contributed by atoms with van der Waals surface area (Å²) in [6.07, 6.45) is 72.1. The van der Waals surface area contributed by atoms with E-state index in [1.165, 1.54) is 250 Å². The molecule has 0 fully saturated rings. The first-order valence-corrected chi connectivity index (χ1v) is 31.1. The van der Waals surface area contributed by atoms with E-state index >= 15 is 0 Å². The highest BCUT2D eigenvalue weighted by Gasteiger charge is 2.18. The van der Waals surface area contributed by atoms with E-state index in [9.17, 15) is 19.8 Å². The number of ether oxygens (including phenoxy) is 1. The Hall–Kier alpha value is -1.66. The summed E-state index contributed by atoms with van der Waals surface area (Å²) in [6.45, 7) is 4.91. The van der Waals surface area contributed by atoms with Crippen LogP contribution in [0.15, 0.2) is 24.3 Å². The van der Waals surface area contributed by atoms with Crippen molar-refractivity contribution in [1.82, 2.24) is 5.32 Å². The number of carbonyl (C=O) groups excluding carboxylic acids is 2. The molecule has 69 heavy (non-hydrogen) atoms. The van der Waals surface area contributed by atoms with Gasteiger partial charge in [0.2, 0.25) is 5.91 Å². The van der Waals surface area contributed by atoms with Gasteiger partial charge in [0.25, 0.3) is 0 Å². The summed E-state index contributed by atoms with van der Waals surface area (Å²) in [6, 6.07) is -0.640. The summed E-state index contributed by atoms with van der Waals surface area (Å²) >= 11 is 0. The molecule has 0 aliphatic rings. The second kappa shape index (κ2) is 58.9. The average Bonchev–Trinajstić information content (AvgIpc) is 3.35. The van der Waals surface area contributed by atoms with Crippen molar-refractivity contribution in [2.24, 2.45) is 0 Å². The summed E-state index contributed by atoms with van der Waals surface area (Å²) in [5.41, 5.74) is 0. The number of nitrogens with one attached hydrogen (secondary N) is 1. The van der Waals surface area contributed by atoms with E-state index in [0.717, 1.165) is 64.2 Å². The molecule has 2 atom stereocenters. The summed E-state index contributed by atoms with van der Waals surface area (Å²) in [7, 11) is 0. The molecule has 1 amide bonds. The lowest BCUT2D eigenvalue weighted by Crippen LogP contribution is -2.45. The van der Waals surface area contributed by atoms with Gasteiger partial charge in [-0.2, -0.15) is 0 Å². The quantitative estimate of drug-likeness (QED) is 0.0321. The largest absolute Gasteiger partial charge is 0.466 e. The minimum absolute atomic E-state index is 0.000616. The van der Waals surface area contributed by atoms with Crippen LogP contribution < -0.4 is 5.32 Å². The molecule has 6 heteroatoms. The van der Waals surface area contributed by atoms with E-state index in [0.29, 0.717) is 19.4 Å². The second-order valence-electron chi connectivity index (χ2n) is 21.4. The molecule has 0 aromatic heterocycles. The van der Waals surface area contributed by atoms with Crippen LogP contribution in [-0.4, -0.2) is 47.4 Å². The molecule has 3 N–H and O–H groups in total. The fraction of sp³-hybridized carbons (Fsp3) is 0.905. The second-order valence-corrected chi connectivity index (χ2v) is 21.4. The monoisotopic (exact) mass is 972 g/mol. The van der Waals surface area contributed by atoms with E-state index in [-0.39, 0.29) is 18.5 Å². The van der Waals surface area contributed by atoms with Crippen molar-refractivity contribution in [1.29, 1.82) is 0 Å². The number of amides is 1. The third-order valence-corrected chi connectivity index (χ3v) is 14.5. The zero-order valence-electron chi connectivity index (χ0n) is 46.6. The van der Waals surface area contributed by atoms with Gasteiger partial charge < -0.3 is 20.3 Å². The van der Waals surface area contributed by atoms with E-state index in [2.05, 4.69) is 31.3 Å². The fourth-order valence-corrected chi connectivity index (χ4v) is 9.69. The normalized spacial score (nSPS) is 12.7. The number of allylic oxidation sites excluding steroid dienone is 3. The lowest BCUT2D eigenvalue weighted by molar-refractivity contribution is -0.143. The SMILES string of the molecule is CCCCCCCCCCCCCCCCCCC/C=C/C(O)C(CO)NC(=O)CCCCCCC/C=C\CCCCCCCCCOC(=O)CCCCCCCCCCCCCCCCCCC. The van der Waals surface area contributed by atoms with E-state index < -0.39 is 12.1 Å². The van der Waals surface area contributed by atoms with Gasteiger partial charge in [0.1, 0.15) is 0 Å². The van der Waals surface area contributed by atoms with Crippen LogP contribution in [0, 0.1) is 0 Å². The van der Waals surface area contributed by atoms with Crippen molar-refractivity contribution in [2.45, 2.75) is 353 Å². The van der Waals surface area contributed by atoms with Crippen LogP contribution in [0.4, 0.5) is 0 Å². The van der Waals surface area contributed by atoms with Gasteiger partial charge in [-0.3, -0.25) is 9.59 Å². The third kappa shape index (κ3) is 55.5. The highest BCUT2D eigenvalue weighted by Crippen LogP contribution is 2.17. The van der Waals surface area contributed by atoms with E-state index in [1.807, 2.05) is 6.08 Å². The third-order valence-electron chi connectivity index (χ3n) is 14.5. The van der Waals surface area contributed by atoms with Gasteiger partial charge in [-0.25, -0.2) is 0 Å². The number of hydrogen-bond donors (Lipinski definition) is 3. The minimum atomic E-state index is -0.855. The molecule has 0 aliphatic carbocycles. The van der Waals surface area contributed by atoms with Crippen LogP contribution in [0.3, 0.4) is 0 Å². The smallest absolute Gasteiger partial charge is 0.305 e. The van der Waals surface area contributed by atoms with E-state index in [4.69, 9.17) is 4.74 Å². The highest BCUT2D eigenvalue weighted by molar-refractivity contribution is 5.76. The lowest BCUT2D eigenvalue weighted by Gasteiger charge is -2.20. The molecule has 0 spiro atoms. The first-order chi connectivity index (χ1) is 34.0. The van der Waals surface area contributed by atoms with Crippen LogP contribution in [0.5, 0.6) is 0 Å². The van der Waals surface area contributed by atoms with Gasteiger partial charge in [-0.15, -0.1) is 0 Å². The minimum Gasteiger partial charge on any atom is -0.466 e. The Morgan fingerprint density at radius 1 is 0.391 bits per heavy atom. The maximum Gasteiger partial charge on any atom is 0.305 e. The standard InChI is InChI=1S/C63H121NO5/c1-3-5-7-9-11-13-15-17-19-21-22-24-27-31-35-39-43-47-51-55-61(66)60(59-65)64-62(67)56-52-48-44-40-36-32-28-25-26-30-34-38-42-46-50-54-58-69-63(68)57-53-49-45-41-37-33-29-23-20-18-16-14-12-10-8-6-4-2/h25,28,51,55,60-61,65-66H,3-24,26-27,29-50,52-54,56-59H2,1-2H3,(H,64,67)/b28-25-,55-51+. The maximum atomic E-state index is 12.5. The molecule has 0 aromatic rings. The van der Waals surface area contributed by atoms with Gasteiger partial charge in [-0.1, -0.05) is 295 Å². The summed E-state index contributed by atoms with van der Waals surface area (Å²) in [5, 5.41) is 23.2. The van der Waals surface area contributed by atoms with Gasteiger partial charge in [0.15, 0.2) is 0 Å². The van der Waals surface area contributed by atoms with Crippen LogP contribution in [0.25, 0.3) is 0 Å². The number of hydrogen-bond acceptors (Lipinski definition) is 5. The summed E-state index contributed by atoms with van der Waals surface area (Å²) < 4.78 is 5.49. The number of esters is 1. The highest BCUT2D eigenvalue weighted by atomic mass is 16.5. The Morgan fingerprint density at radius 3 is 1.03 bits per heavy atom. The van der Waals surface area contributed by atoms with Crippen LogP contribution in [0.1, 0.15) is 341 Å². The number of rotatable bonds is 58. The van der Waals surface area contributed by atoms with Crippen LogP contribution in [0.2, 0.25) is 0 Å². The average molecular weight is 973 g/mol. The lowest BCUT2D eigenvalue weighted by atomic mass is 10.0. The molecule has 0 heterocycles. The van der Waals surface area contributed by atoms with Gasteiger partial charge >= 0.3 is 5.97 Å². The van der Waals surface area contributed by atoms with Crippen molar-refractivity contribution in [3.63, 3.8) is 0 Å². The Morgan fingerprint density at radius 2 is 0.681 bits per heavy atom. The topological polar surface area (TPSA) is 95.9 Å².